The van der Waals surface area contributed by atoms with E-state index in [1.165, 1.54) is 23.1 Å². The van der Waals surface area contributed by atoms with Crippen molar-refractivity contribution in [1.29, 1.82) is 0 Å². The molecule has 3 rings (SSSR count). The molecule has 0 aliphatic heterocycles. The van der Waals surface area contributed by atoms with E-state index in [1.54, 1.807) is 17.4 Å². The predicted molar refractivity (Wildman–Crippen MR) is 86.6 cm³/mol. The molecule has 22 heavy (non-hydrogen) atoms. The number of hydrogen-bond acceptors (Lipinski definition) is 4. The summed E-state index contributed by atoms with van der Waals surface area (Å²) in [6, 6.07) is 6.00. The number of rotatable bonds is 5. The van der Waals surface area contributed by atoms with E-state index in [2.05, 4.69) is 22.2 Å². The van der Waals surface area contributed by atoms with Crippen LogP contribution in [0.3, 0.4) is 0 Å². The maximum atomic E-state index is 13.2. The fourth-order valence-corrected chi connectivity index (χ4v) is 3.10. The fourth-order valence-electron chi connectivity index (χ4n) is 2.37. The quantitative estimate of drug-likeness (QED) is 0.761. The first-order chi connectivity index (χ1) is 10.6. The SMILES string of the molecule is C[C@H](Cc1cncs1)NCc1cc(=O)c2cc(F)ccc2[nH]1. The highest BCUT2D eigenvalue weighted by molar-refractivity contribution is 7.09. The molecule has 0 unspecified atom stereocenters. The predicted octanol–water partition coefficient (Wildman–Crippen LogP) is 2.84. The maximum absolute atomic E-state index is 13.2. The highest BCUT2D eigenvalue weighted by Crippen LogP contribution is 2.11. The molecule has 0 aliphatic carbocycles. The third kappa shape index (κ3) is 3.40. The molecule has 0 amide bonds. The summed E-state index contributed by atoms with van der Waals surface area (Å²) >= 11 is 1.63. The molecule has 2 heterocycles. The molecular formula is C16H16FN3OS. The minimum absolute atomic E-state index is 0.167. The summed E-state index contributed by atoms with van der Waals surface area (Å²) in [5.74, 6) is -0.401. The molecule has 3 aromatic rings. The summed E-state index contributed by atoms with van der Waals surface area (Å²) < 4.78 is 13.2. The van der Waals surface area contributed by atoms with E-state index < -0.39 is 5.82 Å². The molecule has 0 spiro atoms. The normalized spacial score (nSPS) is 12.6. The molecule has 2 N–H and O–H groups in total. The van der Waals surface area contributed by atoms with Crippen LogP contribution in [0.15, 0.2) is 40.8 Å². The summed E-state index contributed by atoms with van der Waals surface area (Å²) in [6.07, 6.45) is 2.77. The van der Waals surface area contributed by atoms with Gasteiger partial charge in [0.2, 0.25) is 0 Å². The van der Waals surface area contributed by atoms with Crippen LogP contribution < -0.4 is 10.7 Å². The Kier molecular flexibility index (Phi) is 4.31. The van der Waals surface area contributed by atoms with E-state index in [-0.39, 0.29) is 11.5 Å². The van der Waals surface area contributed by atoms with Crippen LogP contribution in [0.4, 0.5) is 4.39 Å². The summed E-state index contributed by atoms with van der Waals surface area (Å²) in [5.41, 5.74) is 3.10. The van der Waals surface area contributed by atoms with Crippen LogP contribution in [0, 0.1) is 5.82 Å². The van der Waals surface area contributed by atoms with Gasteiger partial charge in [0.1, 0.15) is 5.82 Å². The number of H-pyrrole nitrogens is 1. The maximum Gasteiger partial charge on any atom is 0.189 e. The average Bonchev–Trinajstić information content (AvgIpc) is 2.99. The Balaban J connectivity index is 1.71. The Morgan fingerprint density at radius 1 is 1.41 bits per heavy atom. The summed E-state index contributed by atoms with van der Waals surface area (Å²) in [5, 5.41) is 3.75. The molecule has 6 heteroatoms. The topological polar surface area (TPSA) is 57.8 Å². The Bertz CT molecular complexity index is 829. The molecule has 0 aliphatic rings. The van der Waals surface area contributed by atoms with Gasteiger partial charge in [-0.15, -0.1) is 11.3 Å². The van der Waals surface area contributed by atoms with Crippen LogP contribution in [-0.4, -0.2) is 16.0 Å². The average molecular weight is 317 g/mol. The standard InChI is InChI=1S/C16H16FN3OS/c1-10(4-13-8-18-9-22-13)19-7-12-6-16(21)14-5-11(17)2-3-15(14)20-12/h2-3,5-6,8-10,19H,4,7H2,1H3,(H,20,21)/t10-/m1/s1. The Morgan fingerprint density at radius 3 is 3.05 bits per heavy atom. The number of halogens is 1. The first-order valence-corrected chi connectivity index (χ1v) is 7.92. The number of aromatic nitrogens is 2. The van der Waals surface area contributed by atoms with Crippen molar-refractivity contribution in [2.45, 2.75) is 25.9 Å². The number of pyridine rings is 1. The number of nitrogens with one attached hydrogen (secondary N) is 2. The molecule has 4 nitrogen and oxygen atoms in total. The van der Waals surface area contributed by atoms with E-state index in [0.717, 1.165) is 12.1 Å². The molecule has 0 saturated heterocycles. The van der Waals surface area contributed by atoms with E-state index in [0.29, 0.717) is 17.4 Å². The lowest BCUT2D eigenvalue weighted by molar-refractivity contribution is 0.543. The van der Waals surface area contributed by atoms with Crippen molar-refractivity contribution in [3.05, 3.63) is 62.6 Å². The zero-order valence-corrected chi connectivity index (χ0v) is 12.9. The van der Waals surface area contributed by atoms with E-state index in [1.807, 2.05) is 11.7 Å². The van der Waals surface area contributed by atoms with Crippen molar-refractivity contribution >= 4 is 22.2 Å². The van der Waals surface area contributed by atoms with Crippen molar-refractivity contribution < 1.29 is 4.39 Å². The molecule has 0 saturated carbocycles. The van der Waals surface area contributed by atoms with Gasteiger partial charge < -0.3 is 10.3 Å². The monoisotopic (exact) mass is 317 g/mol. The molecule has 0 fully saturated rings. The van der Waals surface area contributed by atoms with Crippen molar-refractivity contribution in [2.24, 2.45) is 0 Å². The van der Waals surface area contributed by atoms with Crippen molar-refractivity contribution in [1.82, 2.24) is 15.3 Å². The zero-order valence-electron chi connectivity index (χ0n) is 12.1. The summed E-state index contributed by atoms with van der Waals surface area (Å²) in [6.45, 7) is 2.65. The van der Waals surface area contributed by atoms with E-state index in [9.17, 15) is 9.18 Å². The molecule has 1 aromatic carbocycles. The number of fused-ring (bicyclic) bond motifs is 1. The third-order valence-corrected chi connectivity index (χ3v) is 4.28. The lowest BCUT2D eigenvalue weighted by Gasteiger charge is -2.13. The van der Waals surface area contributed by atoms with Gasteiger partial charge in [0.25, 0.3) is 0 Å². The molecule has 0 radical (unpaired) electrons. The second-order valence-corrected chi connectivity index (χ2v) is 6.27. The first-order valence-electron chi connectivity index (χ1n) is 7.04. The Labute approximate surface area is 131 Å². The van der Waals surface area contributed by atoms with Crippen molar-refractivity contribution in [2.75, 3.05) is 0 Å². The minimum Gasteiger partial charge on any atom is -0.357 e. The van der Waals surface area contributed by atoms with Crippen LogP contribution in [0.25, 0.3) is 10.9 Å². The fraction of sp³-hybridized carbons (Fsp3) is 0.250. The van der Waals surface area contributed by atoms with Gasteiger partial charge in [-0.3, -0.25) is 9.78 Å². The van der Waals surface area contributed by atoms with Gasteiger partial charge in [0, 0.05) is 46.3 Å². The molecular weight excluding hydrogens is 301 g/mol. The molecule has 0 bridgehead atoms. The van der Waals surface area contributed by atoms with Crippen molar-refractivity contribution in [3.63, 3.8) is 0 Å². The van der Waals surface area contributed by atoms with Crippen LogP contribution >= 0.6 is 11.3 Å². The van der Waals surface area contributed by atoms with E-state index in [4.69, 9.17) is 0 Å². The number of thiazole rings is 1. The van der Waals surface area contributed by atoms with Gasteiger partial charge >= 0.3 is 0 Å². The van der Waals surface area contributed by atoms with E-state index >= 15 is 0 Å². The molecule has 1 atom stereocenters. The lowest BCUT2D eigenvalue weighted by atomic mass is 10.1. The van der Waals surface area contributed by atoms with Gasteiger partial charge in [-0.05, 0) is 31.5 Å². The van der Waals surface area contributed by atoms with Gasteiger partial charge in [-0.1, -0.05) is 0 Å². The van der Waals surface area contributed by atoms with Crippen LogP contribution in [0.5, 0.6) is 0 Å². The summed E-state index contributed by atoms with van der Waals surface area (Å²) in [7, 11) is 0. The number of aromatic amines is 1. The number of hydrogen-bond donors (Lipinski definition) is 2. The minimum atomic E-state index is -0.401. The van der Waals surface area contributed by atoms with Crippen LogP contribution in [0.1, 0.15) is 17.5 Å². The number of benzene rings is 1. The highest BCUT2D eigenvalue weighted by Gasteiger charge is 2.07. The summed E-state index contributed by atoms with van der Waals surface area (Å²) in [4.78, 5) is 20.5. The third-order valence-electron chi connectivity index (χ3n) is 3.48. The largest absolute Gasteiger partial charge is 0.357 e. The molecule has 114 valence electrons. The van der Waals surface area contributed by atoms with Gasteiger partial charge in [-0.2, -0.15) is 0 Å². The van der Waals surface area contributed by atoms with Gasteiger partial charge in [0.05, 0.1) is 5.51 Å². The second-order valence-electron chi connectivity index (χ2n) is 5.30. The highest BCUT2D eigenvalue weighted by atomic mass is 32.1. The van der Waals surface area contributed by atoms with Gasteiger partial charge in [-0.25, -0.2) is 4.39 Å². The zero-order chi connectivity index (χ0) is 15.5. The number of nitrogens with zero attached hydrogens (tertiary/aromatic N) is 1. The Hall–Kier alpha value is -2.05. The van der Waals surface area contributed by atoms with Crippen LogP contribution in [-0.2, 0) is 13.0 Å². The first kappa shape index (κ1) is 14.9. The van der Waals surface area contributed by atoms with Gasteiger partial charge in [0.15, 0.2) is 5.43 Å². The van der Waals surface area contributed by atoms with Crippen LogP contribution in [0.2, 0.25) is 0 Å². The smallest absolute Gasteiger partial charge is 0.189 e. The second kappa shape index (κ2) is 6.37. The lowest BCUT2D eigenvalue weighted by Crippen LogP contribution is -2.28. The molecule has 2 aromatic heterocycles. The Morgan fingerprint density at radius 2 is 2.27 bits per heavy atom. The van der Waals surface area contributed by atoms with Crippen molar-refractivity contribution in [3.8, 4) is 0 Å².